The zero-order chi connectivity index (χ0) is 19.7. The summed E-state index contributed by atoms with van der Waals surface area (Å²) in [6, 6.07) is -0.929. The maximum absolute atomic E-state index is 12.2. The van der Waals surface area contributed by atoms with Gasteiger partial charge in [0, 0.05) is 24.3 Å². The molecule has 1 saturated heterocycles. The minimum atomic E-state index is -1.64. The molecule has 0 aromatic carbocycles. The van der Waals surface area contributed by atoms with E-state index in [1.807, 2.05) is 20.1 Å². The van der Waals surface area contributed by atoms with Gasteiger partial charge in [0.15, 0.2) is 12.1 Å². The topological polar surface area (TPSA) is 145 Å². The first-order valence-electron chi connectivity index (χ1n) is 8.44. The molecule has 0 amide bonds. The molecule has 6 atom stereocenters. The van der Waals surface area contributed by atoms with E-state index in [1.54, 1.807) is 25.6 Å². The number of nitrogens with two attached hydrogens (primary N) is 1. The number of carbonyl (C=O) groups excluding carboxylic acids is 1. The Balaban J connectivity index is 0.00000101. The molecule has 25 heavy (non-hydrogen) atoms. The molecule has 0 aliphatic carbocycles. The lowest BCUT2D eigenvalue weighted by atomic mass is 9.88. The van der Waals surface area contributed by atoms with Crippen molar-refractivity contribution in [3.05, 3.63) is 0 Å². The number of hydrogen-bond donors (Lipinski definition) is 6. The zero-order valence-corrected chi connectivity index (χ0v) is 16.4. The highest BCUT2D eigenvalue weighted by Gasteiger charge is 2.48. The fourth-order valence-corrected chi connectivity index (χ4v) is 2.57. The summed E-state index contributed by atoms with van der Waals surface area (Å²) in [5.41, 5.74) is 5.12. The summed E-state index contributed by atoms with van der Waals surface area (Å²) in [6.07, 6.45) is -5.36. The Kier molecular flexibility index (Phi) is 12.1. The first kappa shape index (κ1) is 24.7. The minimum absolute atomic E-state index is 0.0559. The van der Waals surface area contributed by atoms with Gasteiger partial charge in [-0.25, -0.2) is 0 Å². The Morgan fingerprint density at radius 2 is 1.68 bits per heavy atom. The number of aliphatic hydroxyl groups excluding tert-OH is 4. The van der Waals surface area contributed by atoms with E-state index in [-0.39, 0.29) is 17.7 Å². The van der Waals surface area contributed by atoms with Gasteiger partial charge in [-0.05, 0) is 6.26 Å². The molecule has 6 unspecified atom stereocenters. The van der Waals surface area contributed by atoms with Crippen LogP contribution in [0.25, 0.3) is 0 Å². The highest BCUT2D eigenvalue weighted by molar-refractivity contribution is 7.98. The quantitative estimate of drug-likeness (QED) is 0.316. The Morgan fingerprint density at radius 1 is 1.12 bits per heavy atom. The van der Waals surface area contributed by atoms with Crippen LogP contribution in [0.1, 0.15) is 27.7 Å². The fraction of sp³-hybridized carbons (Fsp3) is 0.938. The molecule has 1 aliphatic heterocycles. The van der Waals surface area contributed by atoms with Crippen molar-refractivity contribution in [2.24, 2.45) is 11.7 Å². The van der Waals surface area contributed by atoms with Gasteiger partial charge in [-0.3, -0.25) is 4.79 Å². The van der Waals surface area contributed by atoms with E-state index in [0.717, 1.165) is 12.3 Å². The van der Waals surface area contributed by atoms with Crippen molar-refractivity contribution in [1.82, 2.24) is 5.32 Å². The van der Waals surface area contributed by atoms with Crippen LogP contribution in [-0.4, -0.2) is 87.6 Å². The standard InChI is InChI=1S/C13H25NO6.C3H9NS/c1-5(2)8(15)7(14-6(3)4)12-10(17)9(16)11(18)13(19)20-12;1-5-3-2-4/h5-7,9-14,16-19H,1-4H3;2-4H2,1H3. The number of ketones is 1. The van der Waals surface area contributed by atoms with Gasteiger partial charge < -0.3 is 36.2 Å². The number of rotatable bonds is 7. The van der Waals surface area contributed by atoms with Crippen molar-refractivity contribution in [2.45, 2.75) is 70.5 Å². The number of aliphatic hydroxyl groups is 4. The highest BCUT2D eigenvalue weighted by atomic mass is 32.2. The van der Waals surface area contributed by atoms with Gasteiger partial charge >= 0.3 is 0 Å². The van der Waals surface area contributed by atoms with E-state index >= 15 is 0 Å². The third-order valence-electron chi connectivity index (χ3n) is 3.66. The van der Waals surface area contributed by atoms with Gasteiger partial charge in [0.05, 0.1) is 6.04 Å². The van der Waals surface area contributed by atoms with Gasteiger partial charge in [0.1, 0.15) is 24.4 Å². The van der Waals surface area contributed by atoms with E-state index < -0.39 is 36.7 Å². The summed E-state index contributed by atoms with van der Waals surface area (Å²) in [6.45, 7) is 7.90. The lowest BCUT2D eigenvalue weighted by Crippen LogP contribution is -2.65. The molecule has 8 nitrogen and oxygen atoms in total. The number of nitrogens with one attached hydrogen (secondary N) is 1. The molecular formula is C16H34N2O6S. The predicted molar refractivity (Wildman–Crippen MR) is 98.2 cm³/mol. The Hall–Kier alpha value is -0.260. The van der Waals surface area contributed by atoms with Crippen LogP contribution in [0.5, 0.6) is 0 Å². The number of hydrogen-bond acceptors (Lipinski definition) is 9. The van der Waals surface area contributed by atoms with Crippen LogP contribution in [0.4, 0.5) is 0 Å². The van der Waals surface area contributed by atoms with Crippen molar-refractivity contribution >= 4 is 17.5 Å². The van der Waals surface area contributed by atoms with Crippen LogP contribution in [0.15, 0.2) is 0 Å². The number of carbonyl (C=O) groups is 1. The monoisotopic (exact) mass is 382 g/mol. The summed E-state index contributed by atoms with van der Waals surface area (Å²) < 4.78 is 5.13. The van der Waals surface area contributed by atoms with Crippen LogP contribution in [0.3, 0.4) is 0 Å². The number of thioether (sulfide) groups is 1. The normalized spacial score (nSPS) is 30.8. The largest absolute Gasteiger partial charge is 0.388 e. The number of ether oxygens (including phenoxy) is 1. The molecule has 1 aliphatic rings. The smallest absolute Gasteiger partial charge is 0.184 e. The van der Waals surface area contributed by atoms with Crippen molar-refractivity contribution in [3.63, 3.8) is 0 Å². The van der Waals surface area contributed by atoms with E-state index in [0.29, 0.717) is 0 Å². The second kappa shape index (κ2) is 12.2. The van der Waals surface area contributed by atoms with Crippen molar-refractivity contribution in [2.75, 3.05) is 18.6 Å². The zero-order valence-electron chi connectivity index (χ0n) is 15.6. The third-order valence-corrected chi connectivity index (χ3v) is 4.31. The first-order chi connectivity index (χ1) is 11.6. The van der Waals surface area contributed by atoms with Gasteiger partial charge in [0.2, 0.25) is 0 Å². The van der Waals surface area contributed by atoms with Crippen molar-refractivity contribution < 1.29 is 30.0 Å². The van der Waals surface area contributed by atoms with Crippen molar-refractivity contribution in [3.8, 4) is 0 Å². The molecule has 0 spiro atoms. The lowest BCUT2D eigenvalue weighted by molar-refractivity contribution is -0.285. The maximum atomic E-state index is 12.2. The summed E-state index contributed by atoms with van der Waals surface area (Å²) in [5.74, 6) is 0.585. The molecule has 1 heterocycles. The second-order valence-corrected chi connectivity index (χ2v) is 7.59. The van der Waals surface area contributed by atoms with Crippen LogP contribution < -0.4 is 11.1 Å². The molecule has 0 radical (unpaired) electrons. The van der Waals surface area contributed by atoms with Crippen LogP contribution in [0.2, 0.25) is 0 Å². The summed E-state index contributed by atoms with van der Waals surface area (Å²) in [5, 5.41) is 41.7. The molecule has 9 heteroatoms. The molecule has 1 fully saturated rings. The molecule has 7 N–H and O–H groups in total. The lowest BCUT2D eigenvalue weighted by Gasteiger charge is -2.42. The summed E-state index contributed by atoms with van der Waals surface area (Å²) >= 11 is 1.78. The van der Waals surface area contributed by atoms with E-state index in [4.69, 9.17) is 10.5 Å². The minimum Gasteiger partial charge on any atom is -0.388 e. The fourth-order valence-electron chi connectivity index (χ4n) is 2.34. The van der Waals surface area contributed by atoms with Crippen LogP contribution >= 0.6 is 11.8 Å². The maximum Gasteiger partial charge on any atom is 0.184 e. The van der Waals surface area contributed by atoms with E-state index in [9.17, 15) is 25.2 Å². The molecule has 1 rings (SSSR count). The van der Waals surface area contributed by atoms with Gasteiger partial charge in [-0.1, -0.05) is 27.7 Å². The summed E-state index contributed by atoms with van der Waals surface area (Å²) in [4.78, 5) is 12.2. The SMILES string of the molecule is CC(C)NC(C(=O)C(C)C)C1OC(O)C(O)C(O)C1O.CSCCN. The third kappa shape index (κ3) is 7.88. The van der Waals surface area contributed by atoms with Crippen LogP contribution in [0, 0.1) is 5.92 Å². The highest BCUT2D eigenvalue weighted by Crippen LogP contribution is 2.24. The Labute approximate surface area is 154 Å². The molecule has 150 valence electrons. The Bertz CT molecular complexity index is 384. The second-order valence-electron chi connectivity index (χ2n) is 6.60. The number of Topliss-reactive ketones (excluding diaryl/α,β-unsaturated/α-hetero) is 1. The van der Waals surface area contributed by atoms with Gasteiger partial charge in [0.25, 0.3) is 0 Å². The average Bonchev–Trinajstić information content (AvgIpc) is 2.54. The van der Waals surface area contributed by atoms with Crippen molar-refractivity contribution in [1.29, 1.82) is 0 Å². The molecule has 0 saturated carbocycles. The first-order valence-corrected chi connectivity index (χ1v) is 9.84. The van der Waals surface area contributed by atoms with E-state index in [2.05, 4.69) is 5.32 Å². The molecule has 0 bridgehead atoms. The molecular weight excluding hydrogens is 348 g/mol. The molecule has 0 aromatic heterocycles. The average molecular weight is 383 g/mol. The molecule has 0 aromatic rings. The van der Waals surface area contributed by atoms with Gasteiger partial charge in [-0.2, -0.15) is 11.8 Å². The van der Waals surface area contributed by atoms with Crippen LogP contribution in [-0.2, 0) is 9.53 Å². The van der Waals surface area contributed by atoms with Gasteiger partial charge in [-0.15, -0.1) is 0 Å². The van der Waals surface area contributed by atoms with E-state index in [1.165, 1.54) is 0 Å². The Morgan fingerprint density at radius 3 is 2.04 bits per heavy atom. The predicted octanol–water partition coefficient (Wildman–Crippen LogP) is -1.31. The summed E-state index contributed by atoms with van der Waals surface area (Å²) in [7, 11) is 0.